The van der Waals surface area contributed by atoms with Crippen LogP contribution in [0.2, 0.25) is 10.0 Å². The van der Waals surface area contributed by atoms with Gasteiger partial charge in [0.05, 0.1) is 17.1 Å². The van der Waals surface area contributed by atoms with Gasteiger partial charge >= 0.3 is 0 Å². The number of benzene rings is 1. The van der Waals surface area contributed by atoms with E-state index in [0.717, 1.165) is 12.1 Å². The van der Waals surface area contributed by atoms with Crippen LogP contribution in [-0.2, 0) is 21.4 Å². The molecule has 9 heteroatoms. The second-order valence-electron chi connectivity index (χ2n) is 7.89. The minimum Gasteiger partial charge on any atom is -0.335 e. The number of amides is 1. The van der Waals surface area contributed by atoms with E-state index in [1.165, 1.54) is 22.5 Å². The van der Waals surface area contributed by atoms with Crippen molar-refractivity contribution in [1.29, 1.82) is 0 Å². The Morgan fingerprint density at radius 3 is 2.55 bits per heavy atom. The van der Waals surface area contributed by atoms with Crippen LogP contribution in [0, 0.1) is 5.92 Å². The molecule has 2 fully saturated rings. The highest BCUT2D eigenvalue weighted by molar-refractivity contribution is 7.89. The van der Waals surface area contributed by atoms with E-state index in [0.29, 0.717) is 25.9 Å². The zero-order valence-electron chi connectivity index (χ0n) is 16.8. The molecular weight excluding hydrogens is 457 g/mol. The summed E-state index contributed by atoms with van der Waals surface area (Å²) in [5, 5.41) is 0.462. The molecule has 1 aromatic carbocycles. The maximum absolute atomic E-state index is 13.7. The van der Waals surface area contributed by atoms with E-state index in [9.17, 15) is 13.2 Å². The molecule has 3 heterocycles. The van der Waals surface area contributed by atoms with Crippen LogP contribution >= 0.6 is 23.2 Å². The minimum atomic E-state index is -4.01. The maximum atomic E-state index is 13.7. The van der Waals surface area contributed by atoms with Crippen molar-refractivity contribution in [3.8, 4) is 0 Å². The molecule has 0 N–H and O–H groups in total. The number of nitrogens with zero attached hydrogens (tertiary/aromatic N) is 3. The second kappa shape index (κ2) is 8.90. The molecule has 0 spiro atoms. The Morgan fingerprint density at radius 1 is 1.16 bits per heavy atom. The summed E-state index contributed by atoms with van der Waals surface area (Å²) in [5.74, 6) is -0.418. The van der Waals surface area contributed by atoms with Crippen LogP contribution in [0.4, 0.5) is 0 Å². The smallest absolute Gasteiger partial charge is 0.244 e. The summed E-state index contributed by atoms with van der Waals surface area (Å²) < 4.78 is 28.8. The third-order valence-electron chi connectivity index (χ3n) is 5.93. The van der Waals surface area contributed by atoms with Crippen molar-refractivity contribution in [2.24, 2.45) is 5.92 Å². The number of rotatable bonds is 5. The summed E-state index contributed by atoms with van der Waals surface area (Å²) in [5.41, 5.74) is 0.756. The normalized spacial score (nSPS) is 24.6. The van der Waals surface area contributed by atoms with Gasteiger partial charge in [0.2, 0.25) is 15.9 Å². The molecule has 2 aromatic rings. The Bertz CT molecular complexity index is 1070. The van der Waals surface area contributed by atoms with Gasteiger partial charge in [-0.1, -0.05) is 35.3 Å². The third-order valence-corrected chi connectivity index (χ3v) is 8.28. The van der Waals surface area contributed by atoms with Crippen molar-refractivity contribution in [1.82, 2.24) is 14.2 Å². The van der Waals surface area contributed by atoms with Gasteiger partial charge < -0.3 is 4.90 Å². The maximum Gasteiger partial charge on any atom is 0.244 e. The highest BCUT2D eigenvalue weighted by Gasteiger charge is 2.49. The number of piperidine rings is 1. The number of pyridine rings is 1. The summed E-state index contributed by atoms with van der Waals surface area (Å²) in [4.78, 5) is 19.6. The number of carbonyl (C=O) groups excluding carboxylic acids is 1. The fourth-order valence-electron chi connectivity index (χ4n) is 4.52. The van der Waals surface area contributed by atoms with E-state index in [2.05, 4.69) is 11.6 Å². The lowest BCUT2D eigenvalue weighted by Gasteiger charge is -2.40. The first-order valence-corrected chi connectivity index (χ1v) is 12.3. The molecular formula is C22H23Cl2N3O3S. The molecule has 1 aromatic heterocycles. The molecule has 4 rings (SSSR count). The van der Waals surface area contributed by atoms with Crippen LogP contribution in [0.25, 0.3) is 0 Å². The molecule has 164 valence electrons. The Morgan fingerprint density at radius 2 is 1.90 bits per heavy atom. The van der Waals surface area contributed by atoms with Gasteiger partial charge in [-0.15, -0.1) is 6.58 Å². The average Bonchev–Trinajstić information content (AvgIpc) is 2.81. The van der Waals surface area contributed by atoms with E-state index in [1.807, 2.05) is 18.2 Å². The monoisotopic (exact) mass is 479 g/mol. The van der Waals surface area contributed by atoms with Crippen molar-refractivity contribution in [2.45, 2.75) is 42.8 Å². The molecule has 31 heavy (non-hydrogen) atoms. The Labute approximate surface area is 192 Å². The molecule has 0 radical (unpaired) electrons. The quantitative estimate of drug-likeness (QED) is 0.603. The SMILES string of the molecule is C=C[C@H]1CN(Cc2ccccn2)C(=O)C2CCC[C@@H]1N2S(=O)(=O)c1cc(Cl)cc(Cl)c1. The Balaban J connectivity index is 1.76. The molecule has 2 aliphatic heterocycles. The predicted molar refractivity (Wildman–Crippen MR) is 120 cm³/mol. The molecule has 0 saturated carbocycles. The third kappa shape index (κ3) is 4.37. The van der Waals surface area contributed by atoms with E-state index < -0.39 is 16.1 Å². The number of hydrogen-bond donors (Lipinski definition) is 0. The first kappa shape index (κ1) is 22.3. The van der Waals surface area contributed by atoms with Crippen LogP contribution in [0.15, 0.2) is 60.1 Å². The van der Waals surface area contributed by atoms with Gasteiger partial charge in [-0.25, -0.2) is 8.42 Å². The van der Waals surface area contributed by atoms with Crippen molar-refractivity contribution in [3.05, 3.63) is 71.0 Å². The van der Waals surface area contributed by atoms with E-state index in [-0.39, 0.29) is 32.8 Å². The topological polar surface area (TPSA) is 70.6 Å². The zero-order valence-corrected chi connectivity index (χ0v) is 19.2. The first-order valence-electron chi connectivity index (χ1n) is 10.1. The predicted octanol–water partition coefficient (Wildman–Crippen LogP) is 4.14. The highest BCUT2D eigenvalue weighted by Crippen LogP contribution is 2.38. The van der Waals surface area contributed by atoms with Crippen molar-refractivity contribution < 1.29 is 13.2 Å². The van der Waals surface area contributed by atoms with Gasteiger partial charge in [-0.05, 0) is 49.6 Å². The van der Waals surface area contributed by atoms with Gasteiger partial charge in [-0.2, -0.15) is 4.31 Å². The number of halogens is 2. The molecule has 2 saturated heterocycles. The number of hydrogen-bond acceptors (Lipinski definition) is 4. The van der Waals surface area contributed by atoms with Crippen molar-refractivity contribution in [3.63, 3.8) is 0 Å². The summed E-state index contributed by atoms with van der Waals surface area (Å²) in [6.45, 7) is 4.65. The standard InChI is InChI=1S/C22H23Cl2N3O3S/c1-2-15-13-26(14-18-6-3-4-9-25-18)22(28)21-8-5-7-20(15)27(21)31(29,30)19-11-16(23)10-17(24)12-19/h2-4,6,9-12,15,20-21H,1,5,7-8,13-14H2/t15-,20-,21?/m0/s1. The number of sulfonamides is 1. The molecule has 2 bridgehead atoms. The number of aromatic nitrogens is 1. The summed E-state index contributed by atoms with van der Waals surface area (Å²) in [6.07, 6.45) is 5.33. The molecule has 1 unspecified atom stereocenters. The second-order valence-corrected chi connectivity index (χ2v) is 10.6. The van der Waals surface area contributed by atoms with E-state index in [1.54, 1.807) is 17.2 Å². The number of carbonyl (C=O) groups is 1. The molecule has 3 atom stereocenters. The zero-order chi connectivity index (χ0) is 22.2. The van der Waals surface area contributed by atoms with Gasteiger partial charge in [0, 0.05) is 34.7 Å². The van der Waals surface area contributed by atoms with Crippen LogP contribution in [0.5, 0.6) is 0 Å². The average molecular weight is 480 g/mol. The molecule has 6 nitrogen and oxygen atoms in total. The fourth-order valence-corrected chi connectivity index (χ4v) is 7.12. The van der Waals surface area contributed by atoms with Crippen LogP contribution < -0.4 is 0 Å². The minimum absolute atomic E-state index is 0.00399. The lowest BCUT2D eigenvalue weighted by molar-refractivity contribution is -0.135. The summed E-state index contributed by atoms with van der Waals surface area (Å²) in [7, 11) is -4.01. The van der Waals surface area contributed by atoms with Gasteiger partial charge in [0.25, 0.3) is 0 Å². The largest absolute Gasteiger partial charge is 0.335 e. The lowest BCUT2D eigenvalue weighted by atomic mass is 9.90. The fraction of sp³-hybridized carbons (Fsp3) is 0.364. The number of fused-ring (bicyclic) bond motifs is 2. The van der Waals surface area contributed by atoms with E-state index >= 15 is 0 Å². The first-order chi connectivity index (χ1) is 14.8. The molecule has 2 aliphatic rings. The molecule has 0 aliphatic carbocycles. The van der Waals surface area contributed by atoms with Crippen LogP contribution in [0.1, 0.15) is 25.0 Å². The van der Waals surface area contributed by atoms with Crippen LogP contribution in [-0.4, -0.2) is 47.1 Å². The Kier molecular flexibility index (Phi) is 6.40. The highest BCUT2D eigenvalue weighted by atomic mass is 35.5. The van der Waals surface area contributed by atoms with Crippen molar-refractivity contribution in [2.75, 3.05) is 6.54 Å². The van der Waals surface area contributed by atoms with Gasteiger partial charge in [-0.3, -0.25) is 9.78 Å². The summed E-state index contributed by atoms with van der Waals surface area (Å²) >= 11 is 12.2. The van der Waals surface area contributed by atoms with Gasteiger partial charge in [0.1, 0.15) is 6.04 Å². The van der Waals surface area contributed by atoms with Crippen LogP contribution in [0.3, 0.4) is 0 Å². The Hall–Kier alpha value is -1.93. The van der Waals surface area contributed by atoms with Gasteiger partial charge in [0.15, 0.2) is 0 Å². The van der Waals surface area contributed by atoms with Crippen molar-refractivity contribution >= 4 is 39.1 Å². The summed E-state index contributed by atoms with van der Waals surface area (Å²) in [6, 6.07) is 8.63. The lowest BCUT2D eigenvalue weighted by Crippen LogP contribution is -2.54. The van der Waals surface area contributed by atoms with E-state index in [4.69, 9.17) is 23.2 Å². The molecule has 1 amide bonds.